The molecule has 0 aliphatic carbocycles. The zero-order chi connectivity index (χ0) is 15.0. The molecule has 0 spiro atoms. The largest absolute Gasteiger partial charge is 0.502 e. The molecule has 3 aromatic heterocycles. The number of aromatic nitrogens is 2. The van der Waals surface area contributed by atoms with Crippen LogP contribution in [0.15, 0.2) is 40.6 Å². The van der Waals surface area contributed by atoms with Crippen molar-refractivity contribution in [1.29, 1.82) is 0 Å². The average Bonchev–Trinajstić information content (AvgIpc) is 2.93. The highest BCUT2D eigenvalue weighted by Crippen LogP contribution is 2.29. The fourth-order valence-corrected chi connectivity index (χ4v) is 3.10. The number of pyridine rings is 2. The lowest BCUT2D eigenvalue weighted by atomic mass is 10.2. The maximum absolute atomic E-state index is 12.2. The Labute approximate surface area is 122 Å². The Bertz CT molecular complexity index is 883. The third-order valence-electron chi connectivity index (χ3n) is 3.11. The van der Waals surface area contributed by atoms with Crippen LogP contribution in [0.2, 0.25) is 0 Å². The number of aromatic hydroxyl groups is 1. The predicted molar refractivity (Wildman–Crippen MR) is 78.0 cm³/mol. The summed E-state index contributed by atoms with van der Waals surface area (Å²) in [5, 5.41) is 20.8. The van der Waals surface area contributed by atoms with Crippen LogP contribution in [-0.4, -0.2) is 25.7 Å². The molecule has 0 aliphatic heterocycles. The number of carboxylic acid groups (broad SMARTS) is 1. The molecule has 0 aliphatic rings. The molecule has 21 heavy (non-hydrogen) atoms. The lowest BCUT2D eigenvalue weighted by molar-refractivity contribution is 0.0695. The highest BCUT2D eigenvalue weighted by Gasteiger charge is 2.22. The molecule has 3 rings (SSSR count). The molecule has 0 bridgehead atoms. The van der Waals surface area contributed by atoms with E-state index in [1.54, 1.807) is 35.8 Å². The van der Waals surface area contributed by atoms with Crippen LogP contribution in [0.1, 0.15) is 16.1 Å². The van der Waals surface area contributed by atoms with Crippen molar-refractivity contribution >= 4 is 27.5 Å². The fraction of sp³-hybridized carbons (Fsp3) is 0.0714. The summed E-state index contributed by atoms with van der Waals surface area (Å²) in [5.41, 5.74) is 0.0478. The van der Waals surface area contributed by atoms with Crippen molar-refractivity contribution in [2.75, 3.05) is 0 Å². The summed E-state index contributed by atoms with van der Waals surface area (Å²) >= 11 is 1.17. The van der Waals surface area contributed by atoms with Crippen molar-refractivity contribution in [3.05, 3.63) is 57.5 Å². The van der Waals surface area contributed by atoms with Crippen LogP contribution in [-0.2, 0) is 6.54 Å². The maximum atomic E-state index is 12.2. The van der Waals surface area contributed by atoms with Gasteiger partial charge in [-0.15, -0.1) is 11.3 Å². The van der Waals surface area contributed by atoms with E-state index in [1.807, 2.05) is 0 Å². The summed E-state index contributed by atoms with van der Waals surface area (Å²) in [6.45, 7) is 0.167. The Kier molecular flexibility index (Phi) is 3.19. The molecule has 6 nitrogen and oxygen atoms in total. The molecule has 106 valence electrons. The van der Waals surface area contributed by atoms with Gasteiger partial charge in [-0.3, -0.25) is 14.3 Å². The summed E-state index contributed by atoms with van der Waals surface area (Å²) in [6.07, 6.45) is 1.61. The lowest BCUT2D eigenvalue weighted by Crippen LogP contribution is -2.23. The predicted octanol–water partition coefficient (Wildman–Crippen LogP) is 1.91. The molecule has 0 unspecified atom stereocenters. The van der Waals surface area contributed by atoms with E-state index in [-0.39, 0.29) is 12.1 Å². The van der Waals surface area contributed by atoms with E-state index < -0.39 is 17.3 Å². The first-order chi connectivity index (χ1) is 10.1. The van der Waals surface area contributed by atoms with Gasteiger partial charge in [-0.1, -0.05) is 6.07 Å². The number of thiophene rings is 1. The zero-order valence-electron chi connectivity index (χ0n) is 10.7. The van der Waals surface area contributed by atoms with Crippen molar-refractivity contribution in [3.8, 4) is 5.75 Å². The summed E-state index contributed by atoms with van der Waals surface area (Å²) in [5.74, 6) is -2.06. The Morgan fingerprint density at radius 2 is 2.14 bits per heavy atom. The summed E-state index contributed by atoms with van der Waals surface area (Å²) < 4.78 is 1.70. The van der Waals surface area contributed by atoms with Gasteiger partial charge in [0.25, 0.3) is 5.56 Å². The number of fused-ring (bicyclic) bond motifs is 1. The number of rotatable bonds is 3. The fourth-order valence-electron chi connectivity index (χ4n) is 2.16. The summed E-state index contributed by atoms with van der Waals surface area (Å²) in [6, 6.07) is 6.98. The third-order valence-corrected chi connectivity index (χ3v) is 4.03. The molecule has 2 N–H and O–H groups in total. The summed E-state index contributed by atoms with van der Waals surface area (Å²) in [4.78, 5) is 27.6. The molecule has 3 heterocycles. The van der Waals surface area contributed by atoms with Crippen molar-refractivity contribution < 1.29 is 15.0 Å². The zero-order valence-corrected chi connectivity index (χ0v) is 11.5. The highest BCUT2D eigenvalue weighted by atomic mass is 32.1. The first-order valence-corrected chi connectivity index (χ1v) is 6.93. The first kappa shape index (κ1) is 13.3. The highest BCUT2D eigenvalue weighted by molar-refractivity contribution is 7.17. The first-order valence-electron chi connectivity index (χ1n) is 6.05. The van der Waals surface area contributed by atoms with Gasteiger partial charge in [0.05, 0.1) is 22.5 Å². The number of carboxylic acids is 1. The molecule has 0 fully saturated rings. The number of carbonyl (C=O) groups is 1. The van der Waals surface area contributed by atoms with E-state index in [0.717, 1.165) is 0 Å². The van der Waals surface area contributed by atoms with Crippen molar-refractivity contribution in [3.63, 3.8) is 0 Å². The molecule has 7 heteroatoms. The van der Waals surface area contributed by atoms with Crippen LogP contribution in [0, 0.1) is 0 Å². The van der Waals surface area contributed by atoms with Gasteiger partial charge < -0.3 is 10.2 Å². The van der Waals surface area contributed by atoms with Gasteiger partial charge in [0.2, 0.25) is 0 Å². The average molecular weight is 302 g/mol. The molecule has 0 radical (unpaired) electrons. The van der Waals surface area contributed by atoms with Gasteiger partial charge in [-0.25, -0.2) is 4.79 Å². The number of nitrogens with zero attached hydrogens (tertiary/aromatic N) is 2. The van der Waals surface area contributed by atoms with Crippen molar-refractivity contribution in [1.82, 2.24) is 9.55 Å². The monoisotopic (exact) mass is 302 g/mol. The van der Waals surface area contributed by atoms with Gasteiger partial charge in [0.1, 0.15) is 5.56 Å². The van der Waals surface area contributed by atoms with E-state index in [4.69, 9.17) is 0 Å². The van der Waals surface area contributed by atoms with Crippen molar-refractivity contribution in [2.24, 2.45) is 0 Å². The lowest BCUT2D eigenvalue weighted by Gasteiger charge is -2.10. The van der Waals surface area contributed by atoms with Gasteiger partial charge >= 0.3 is 5.97 Å². The van der Waals surface area contributed by atoms with Crippen LogP contribution < -0.4 is 5.56 Å². The third kappa shape index (κ3) is 2.17. The second kappa shape index (κ2) is 5.02. The van der Waals surface area contributed by atoms with E-state index in [1.165, 1.54) is 15.9 Å². The minimum Gasteiger partial charge on any atom is -0.502 e. The minimum absolute atomic E-state index is 0.167. The van der Waals surface area contributed by atoms with Crippen LogP contribution >= 0.6 is 11.3 Å². The van der Waals surface area contributed by atoms with Gasteiger partial charge in [0, 0.05) is 6.20 Å². The van der Waals surface area contributed by atoms with Gasteiger partial charge in [-0.05, 0) is 23.6 Å². The molecular formula is C14H10N2O4S. The molecule has 3 aromatic rings. The van der Waals surface area contributed by atoms with Gasteiger partial charge in [0.15, 0.2) is 5.75 Å². The Hall–Kier alpha value is -2.67. The van der Waals surface area contributed by atoms with E-state index in [0.29, 0.717) is 15.9 Å². The van der Waals surface area contributed by atoms with Crippen LogP contribution in [0.3, 0.4) is 0 Å². The maximum Gasteiger partial charge on any atom is 0.341 e. The molecule has 0 saturated heterocycles. The molecule has 0 atom stereocenters. The summed E-state index contributed by atoms with van der Waals surface area (Å²) in [7, 11) is 0. The second-order valence-corrected chi connectivity index (χ2v) is 5.29. The molecular weight excluding hydrogens is 292 g/mol. The van der Waals surface area contributed by atoms with Crippen molar-refractivity contribution in [2.45, 2.75) is 6.54 Å². The standard InChI is InChI=1S/C14H10N2O4S/c17-11-10(14(19)20)12-9(4-6-21-12)16(13(11)18)7-8-3-1-2-5-15-8/h1-6,17H,7H2,(H,19,20). The molecule has 0 saturated carbocycles. The topological polar surface area (TPSA) is 92.4 Å². The van der Waals surface area contributed by atoms with Crippen LogP contribution in [0.25, 0.3) is 10.2 Å². The van der Waals surface area contributed by atoms with E-state index >= 15 is 0 Å². The minimum atomic E-state index is -1.32. The molecule has 0 aromatic carbocycles. The number of hydrogen-bond acceptors (Lipinski definition) is 5. The van der Waals surface area contributed by atoms with Crippen LogP contribution in [0.5, 0.6) is 5.75 Å². The van der Waals surface area contributed by atoms with Gasteiger partial charge in [-0.2, -0.15) is 0 Å². The smallest absolute Gasteiger partial charge is 0.341 e. The Balaban J connectivity index is 2.27. The Morgan fingerprint density at radius 1 is 1.33 bits per heavy atom. The Morgan fingerprint density at radius 3 is 2.81 bits per heavy atom. The number of aromatic carboxylic acids is 1. The number of hydrogen-bond donors (Lipinski definition) is 2. The normalized spacial score (nSPS) is 10.9. The van der Waals surface area contributed by atoms with Crippen LogP contribution in [0.4, 0.5) is 0 Å². The molecule has 0 amide bonds. The van der Waals surface area contributed by atoms with E-state index in [9.17, 15) is 19.8 Å². The quantitative estimate of drug-likeness (QED) is 0.771. The SMILES string of the molecule is O=C(O)c1c(O)c(=O)n(Cc2ccccn2)c2ccsc12. The van der Waals surface area contributed by atoms with E-state index in [2.05, 4.69) is 4.98 Å². The second-order valence-electron chi connectivity index (χ2n) is 4.38.